The highest BCUT2D eigenvalue weighted by atomic mass is 35.5. The van der Waals surface area contributed by atoms with Gasteiger partial charge in [-0.3, -0.25) is 4.79 Å². The van der Waals surface area contributed by atoms with Crippen molar-refractivity contribution < 1.29 is 19.2 Å². The zero-order valence-corrected chi connectivity index (χ0v) is 11.9. The van der Waals surface area contributed by atoms with E-state index >= 15 is 0 Å². The second-order valence-corrected chi connectivity index (χ2v) is 4.88. The molecule has 0 spiro atoms. The molecule has 0 fully saturated rings. The lowest BCUT2D eigenvalue weighted by Gasteiger charge is -2.10. The Balaban J connectivity index is 2.25. The Bertz CT molecular complexity index is 694. The van der Waals surface area contributed by atoms with Crippen LogP contribution in [0.15, 0.2) is 36.4 Å². The summed E-state index contributed by atoms with van der Waals surface area (Å²) in [5.74, 6) is -1.38. The number of nitrogens with one attached hydrogen (secondary N) is 1. The van der Waals surface area contributed by atoms with E-state index in [9.17, 15) is 9.18 Å². The molecule has 0 unspecified atom stereocenters. The van der Waals surface area contributed by atoms with E-state index in [0.29, 0.717) is 16.3 Å². The summed E-state index contributed by atoms with van der Waals surface area (Å²) in [5, 5.41) is 21.0. The predicted molar refractivity (Wildman–Crippen MR) is 80.4 cm³/mol. The van der Waals surface area contributed by atoms with Gasteiger partial charge in [-0.05, 0) is 36.8 Å². The molecule has 2 rings (SSSR count). The lowest BCUT2D eigenvalue weighted by molar-refractivity contribution is 0.102. The van der Waals surface area contributed by atoms with E-state index in [2.05, 4.69) is 5.32 Å². The van der Waals surface area contributed by atoms with Crippen molar-refractivity contribution in [1.82, 2.24) is 0 Å². The van der Waals surface area contributed by atoms with Crippen molar-refractivity contribution in [3.63, 3.8) is 0 Å². The number of carbonyl (C=O) groups excluding carboxylic acids is 1. The summed E-state index contributed by atoms with van der Waals surface area (Å²) < 4.78 is 13.6. The van der Waals surface area contributed by atoms with Crippen LogP contribution in [0.1, 0.15) is 15.9 Å². The van der Waals surface area contributed by atoms with E-state index in [1.807, 2.05) is 0 Å². The molecule has 2 aromatic rings. The Morgan fingerprint density at radius 2 is 2.00 bits per heavy atom. The summed E-state index contributed by atoms with van der Waals surface area (Å²) in [6, 6.07) is 8.48. The molecule has 0 aromatic heterocycles. The molecule has 0 saturated carbocycles. The molecular weight excluding hydrogens is 295 g/mol. The molecule has 21 heavy (non-hydrogen) atoms. The molecule has 0 aliphatic carbocycles. The molecule has 0 aliphatic rings. The fraction of sp³-hybridized carbons (Fsp3) is 0.0714. The van der Waals surface area contributed by atoms with Crippen LogP contribution in [0.5, 0.6) is 0 Å². The predicted octanol–water partition coefficient (Wildman–Crippen LogP) is 1.72. The molecule has 0 aliphatic heterocycles. The van der Waals surface area contributed by atoms with Crippen molar-refractivity contribution in [2.45, 2.75) is 6.92 Å². The summed E-state index contributed by atoms with van der Waals surface area (Å²) in [7, 11) is -1.92. The third-order valence-corrected chi connectivity index (χ3v) is 3.47. The van der Waals surface area contributed by atoms with Crippen LogP contribution in [0.2, 0.25) is 5.02 Å². The fourth-order valence-corrected chi connectivity index (χ4v) is 1.99. The second-order valence-electron chi connectivity index (χ2n) is 4.48. The summed E-state index contributed by atoms with van der Waals surface area (Å²) in [4.78, 5) is 12.1. The third-order valence-electron chi connectivity index (χ3n) is 3.06. The maximum absolute atomic E-state index is 13.6. The van der Waals surface area contributed by atoms with Gasteiger partial charge in [-0.1, -0.05) is 23.7 Å². The first-order chi connectivity index (χ1) is 9.90. The summed E-state index contributed by atoms with van der Waals surface area (Å²) >= 11 is 5.96. The number of amides is 1. The number of hydrogen-bond acceptors (Lipinski definition) is 3. The molecule has 0 heterocycles. The number of carbonyl (C=O) groups is 1. The fourth-order valence-electron chi connectivity index (χ4n) is 1.82. The molecule has 4 nitrogen and oxygen atoms in total. The first-order valence-corrected chi connectivity index (χ1v) is 6.50. The van der Waals surface area contributed by atoms with Crippen molar-refractivity contribution in [3.05, 3.63) is 58.4 Å². The Morgan fingerprint density at radius 3 is 2.62 bits per heavy atom. The zero-order valence-electron chi connectivity index (χ0n) is 11.1. The molecule has 0 radical (unpaired) electrons. The van der Waals surface area contributed by atoms with Crippen LogP contribution in [0.4, 0.5) is 10.1 Å². The highest BCUT2D eigenvalue weighted by Gasteiger charge is 2.18. The molecule has 1 amide bonds. The minimum atomic E-state index is -1.92. The number of anilines is 1. The van der Waals surface area contributed by atoms with Gasteiger partial charge in [0.05, 0.1) is 0 Å². The van der Waals surface area contributed by atoms with Gasteiger partial charge >= 0.3 is 7.12 Å². The maximum Gasteiger partial charge on any atom is 0.491 e. The van der Waals surface area contributed by atoms with E-state index in [1.165, 1.54) is 6.07 Å². The lowest BCUT2D eigenvalue weighted by Crippen LogP contribution is -2.33. The minimum absolute atomic E-state index is 0.0660. The van der Waals surface area contributed by atoms with Crippen molar-refractivity contribution in [1.29, 1.82) is 0 Å². The number of benzene rings is 2. The van der Waals surface area contributed by atoms with Gasteiger partial charge in [0.25, 0.3) is 5.91 Å². The van der Waals surface area contributed by atoms with Gasteiger partial charge in [0.1, 0.15) is 5.82 Å². The number of halogens is 2. The number of hydrogen-bond donors (Lipinski definition) is 3. The third kappa shape index (κ3) is 3.42. The molecule has 0 atom stereocenters. The Hall–Kier alpha value is -1.89. The van der Waals surface area contributed by atoms with E-state index in [4.69, 9.17) is 21.6 Å². The smallest absolute Gasteiger partial charge is 0.423 e. The topological polar surface area (TPSA) is 69.6 Å². The summed E-state index contributed by atoms with van der Waals surface area (Å²) in [5.41, 5.74) is 1.01. The summed E-state index contributed by atoms with van der Waals surface area (Å²) in [6.45, 7) is 1.75. The van der Waals surface area contributed by atoms with Gasteiger partial charge in [-0.2, -0.15) is 0 Å². The van der Waals surface area contributed by atoms with Crippen LogP contribution >= 0.6 is 11.6 Å². The van der Waals surface area contributed by atoms with Gasteiger partial charge < -0.3 is 15.4 Å². The minimum Gasteiger partial charge on any atom is -0.423 e. The van der Waals surface area contributed by atoms with Crippen LogP contribution in [0, 0.1) is 12.7 Å². The molecule has 0 saturated heterocycles. The van der Waals surface area contributed by atoms with E-state index in [1.54, 1.807) is 25.1 Å². The molecular formula is C14H12BClFNO3. The summed E-state index contributed by atoms with van der Waals surface area (Å²) in [6.07, 6.45) is 0. The van der Waals surface area contributed by atoms with Crippen LogP contribution in [-0.4, -0.2) is 23.1 Å². The van der Waals surface area contributed by atoms with Crippen molar-refractivity contribution in [3.8, 4) is 0 Å². The highest BCUT2D eigenvalue weighted by molar-refractivity contribution is 6.58. The Labute approximate surface area is 126 Å². The average Bonchev–Trinajstić information content (AvgIpc) is 2.43. The molecule has 108 valence electrons. The van der Waals surface area contributed by atoms with Gasteiger partial charge in [0.15, 0.2) is 0 Å². The Kier molecular flexibility index (Phi) is 4.62. The van der Waals surface area contributed by atoms with E-state index in [0.717, 1.165) is 12.1 Å². The molecule has 0 bridgehead atoms. The highest BCUT2D eigenvalue weighted by Crippen LogP contribution is 2.23. The normalized spacial score (nSPS) is 10.3. The van der Waals surface area contributed by atoms with E-state index in [-0.39, 0.29) is 11.0 Å². The maximum atomic E-state index is 13.6. The first kappa shape index (κ1) is 15.5. The largest absolute Gasteiger partial charge is 0.491 e. The van der Waals surface area contributed by atoms with Crippen LogP contribution in [0.25, 0.3) is 0 Å². The zero-order chi connectivity index (χ0) is 15.6. The average molecular weight is 308 g/mol. The van der Waals surface area contributed by atoms with Gasteiger partial charge in [-0.25, -0.2) is 4.39 Å². The van der Waals surface area contributed by atoms with Crippen molar-refractivity contribution >= 4 is 35.8 Å². The lowest BCUT2D eigenvalue weighted by atomic mass is 9.79. The van der Waals surface area contributed by atoms with Crippen molar-refractivity contribution in [2.24, 2.45) is 0 Å². The van der Waals surface area contributed by atoms with Gasteiger partial charge in [0.2, 0.25) is 0 Å². The van der Waals surface area contributed by atoms with Crippen LogP contribution in [0.3, 0.4) is 0 Å². The monoisotopic (exact) mass is 307 g/mol. The quantitative estimate of drug-likeness (QED) is 0.756. The standard InChI is InChI=1S/C14H12BClFNO3/c1-8-11(16)3-2-4-13(8)18-14(19)9-5-6-10(15(20)21)12(17)7-9/h2-7,20-21H,1H3,(H,18,19). The van der Waals surface area contributed by atoms with Gasteiger partial charge in [0, 0.05) is 21.7 Å². The van der Waals surface area contributed by atoms with Crippen LogP contribution < -0.4 is 10.8 Å². The van der Waals surface area contributed by atoms with Crippen molar-refractivity contribution in [2.75, 3.05) is 5.32 Å². The molecule has 7 heteroatoms. The van der Waals surface area contributed by atoms with Crippen LogP contribution in [-0.2, 0) is 0 Å². The first-order valence-electron chi connectivity index (χ1n) is 6.12. The van der Waals surface area contributed by atoms with E-state index < -0.39 is 18.8 Å². The van der Waals surface area contributed by atoms with Gasteiger partial charge in [-0.15, -0.1) is 0 Å². The molecule has 3 N–H and O–H groups in total. The number of rotatable bonds is 3. The Morgan fingerprint density at radius 1 is 1.29 bits per heavy atom. The molecule has 2 aromatic carbocycles. The SMILES string of the molecule is Cc1c(Cl)cccc1NC(=O)c1ccc(B(O)O)c(F)c1. The second kappa shape index (κ2) is 6.26.